The quantitative estimate of drug-likeness (QED) is 0.889. The van der Waals surface area contributed by atoms with E-state index in [1.54, 1.807) is 11.0 Å². The van der Waals surface area contributed by atoms with Crippen molar-refractivity contribution in [2.45, 2.75) is 13.0 Å². The molecule has 2 atom stereocenters. The Kier molecular flexibility index (Phi) is 4.80. The van der Waals surface area contributed by atoms with E-state index in [1.807, 2.05) is 0 Å². The number of halogens is 2. The maximum absolute atomic E-state index is 13.7. The molecule has 0 radical (unpaired) electrons. The molecule has 1 aliphatic rings. The minimum atomic E-state index is -1.15. The summed E-state index contributed by atoms with van der Waals surface area (Å²) >= 11 is 5.95. The molecule has 0 bridgehead atoms. The molecule has 1 saturated heterocycles. The Labute approximate surface area is 125 Å². The van der Waals surface area contributed by atoms with Crippen LogP contribution in [0.4, 0.5) is 4.39 Å². The van der Waals surface area contributed by atoms with E-state index in [4.69, 9.17) is 21.8 Å². The minimum absolute atomic E-state index is 0.0664. The average Bonchev–Trinajstić information content (AvgIpc) is 2.42. The number of benzene rings is 1. The first kappa shape index (κ1) is 15.7. The standard InChI is InChI=1S/C14H15ClFNO4/c15-11-2-1-3-12(16)10(11)7-17-5-4-8(13(18)19)9(6-17)14(20)21/h1-3,8-9H,4-7H2,(H,18,19)(H,20,21). The van der Waals surface area contributed by atoms with Crippen molar-refractivity contribution in [2.75, 3.05) is 13.1 Å². The Hall–Kier alpha value is -1.66. The fourth-order valence-corrected chi connectivity index (χ4v) is 2.84. The smallest absolute Gasteiger partial charge is 0.308 e. The van der Waals surface area contributed by atoms with Crippen molar-refractivity contribution < 1.29 is 24.2 Å². The van der Waals surface area contributed by atoms with Crippen LogP contribution in [0.3, 0.4) is 0 Å². The largest absolute Gasteiger partial charge is 0.481 e. The van der Waals surface area contributed by atoms with Gasteiger partial charge in [0.15, 0.2) is 0 Å². The highest BCUT2D eigenvalue weighted by Crippen LogP contribution is 2.27. The number of hydrogen-bond donors (Lipinski definition) is 2. The van der Waals surface area contributed by atoms with Crippen molar-refractivity contribution >= 4 is 23.5 Å². The molecule has 1 aliphatic heterocycles. The van der Waals surface area contributed by atoms with E-state index in [0.717, 1.165) is 0 Å². The van der Waals surface area contributed by atoms with E-state index in [9.17, 15) is 14.0 Å². The Morgan fingerprint density at radius 3 is 2.52 bits per heavy atom. The van der Waals surface area contributed by atoms with Crippen LogP contribution in [-0.2, 0) is 16.1 Å². The second-order valence-electron chi connectivity index (χ2n) is 5.11. The average molecular weight is 316 g/mol. The van der Waals surface area contributed by atoms with E-state index < -0.39 is 29.6 Å². The molecule has 114 valence electrons. The van der Waals surface area contributed by atoms with Gasteiger partial charge in [-0.15, -0.1) is 0 Å². The van der Waals surface area contributed by atoms with Gasteiger partial charge in [-0.1, -0.05) is 17.7 Å². The number of nitrogens with zero attached hydrogens (tertiary/aromatic N) is 1. The van der Waals surface area contributed by atoms with Gasteiger partial charge in [-0.2, -0.15) is 0 Å². The van der Waals surface area contributed by atoms with Gasteiger partial charge in [0, 0.05) is 23.7 Å². The number of rotatable bonds is 4. The third-order valence-electron chi connectivity index (χ3n) is 3.77. The topological polar surface area (TPSA) is 77.8 Å². The molecular formula is C14H15ClFNO4. The molecule has 1 heterocycles. The molecule has 0 amide bonds. The number of hydrogen-bond acceptors (Lipinski definition) is 3. The van der Waals surface area contributed by atoms with Crippen LogP contribution in [0.5, 0.6) is 0 Å². The van der Waals surface area contributed by atoms with Crippen LogP contribution < -0.4 is 0 Å². The lowest BCUT2D eigenvalue weighted by Crippen LogP contribution is -2.46. The van der Waals surface area contributed by atoms with Gasteiger partial charge in [-0.05, 0) is 25.1 Å². The summed E-state index contributed by atoms with van der Waals surface area (Å²) in [6, 6.07) is 4.36. The summed E-state index contributed by atoms with van der Waals surface area (Å²) < 4.78 is 13.7. The SMILES string of the molecule is O=C(O)C1CCN(Cc2c(F)cccc2Cl)CC1C(=O)O. The van der Waals surface area contributed by atoms with Crippen LogP contribution in [0.15, 0.2) is 18.2 Å². The molecule has 2 N–H and O–H groups in total. The number of aliphatic carboxylic acids is 2. The van der Waals surface area contributed by atoms with Crippen LogP contribution >= 0.6 is 11.6 Å². The summed E-state index contributed by atoms with van der Waals surface area (Å²) in [5, 5.41) is 18.5. The fourth-order valence-electron chi connectivity index (χ4n) is 2.62. The van der Waals surface area contributed by atoms with Crippen LogP contribution in [0.25, 0.3) is 0 Å². The van der Waals surface area contributed by atoms with Crippen molar-refractivity contribution in [1.29, 1.82) is 0 Å². The maximum atomic E-state index is 13.7. The summed E-state index contributed by atoms with van der Waals surface area (Å²) in [5.41, 5.74) is 0.303. The highest BCUT2D eigenvalue weighted by molar-refractivity contribution is 6.31. The molecule has 0 spiro atoms. The third kappa shape index (κ3) is 3.51. The summed E-state index contributed by atoms with van der Waals surface area (Å²) in [6.45, 7) is 0.629. The number of piperidine rings is 1. The lowest BCUT2D eigenvalue weighted by Gasteiger charge is -2.34. The first-order valence-electron chi connectivity index (χ1n) is 6.51. The summed E-state index contributed by atoms with van der Waals surface area (Å²) in [7, 11) is 0. The molecule has 1 aromatic rings. The van der Waals surface area contributed by atoms with Crippen molar-refractivity contribution in [1.82, 2.24) is 4.90 Å². The van der Waals surface area contributed by atoms with Gasteiger partial charge in [0.2, 0.25) is 0 Å². The van der Waals surface area contributed by atoms with Gasteiger partial charge in [0.25, 0.3) is 0 Å². The lowest BCUT2D eigenvalue weighted by atomic mass is 9.85. The first-order valence-corrected chi connectivity index (χ1v) is 6.88. The molecule has 0 saturated carbocycles. The van der Waals surface area contributed by atoms with Gasteiger partial charge >= 0.3 is 11.9 Å². The normalized spacial score (nSPS) is 23.0. The van der Waals surface area contributed by atoms with Crippen molar-refractivity contribution in [3.8, 4) is 0 Å². The first-order chi connectivity index (χ1) is 9.90. The van der Waals surface area contributed by atoms with E-state index in [0.29, 0.717) is 12.1 Å². The van der Waals surface area contributed by atoms with Crippen molar-refractivity contribution in [2.24, 2.45) is 11.8 Å². The molecule has 7 heteroatoms. The number of likely N-dealkylation sites (tertiary alicyclic amines) is 1. The molecule has 1 aromatic carbocycles. The van der Waals surface area contributed by atoms with Gasteiger partial charge < -0.3 is 10.2 Å². The van der Waals surface area contributed by atoms with Crippen molar-refractivity contribution in [3.63, 3.8) is 0 Å². The number of carbonyl (C=O) groups is 2. The van der Waals surface area contributed by atoms with E-state index in [1.165, 1.54) is 12.1 Å². The molecule has 2 rings (SSSR count). The minimum Gasteiger partial charge on any atom is -0.481 e. The van der Waals surface area contributed by atoms with Crippen molar-refractivity contribution in [3.05, 3.63) is 34.6 Å². The Balaban J connectivity index is 2.13. The highest BCUT2D eigenvalue weighted by Gasteiger charge is 2.38. The zero-order valence-corrected chi connectivity index (χ0v) is 11.9. The lowest BCUT2D eigenvalue weighted by molar-refractivity contribution is -0.157. The van der Waals surface area contributed by atoms with Gasteiger partial charge in [0.1, 0.15) is 5.82 Å². The molecule has 0 aliphatic carbocycles. The Morgan fingerprint density at radius 2 is 1.95 bits per heavy atom. The van der Waals surface area contributed by atoms with E-state index in [2.05, 4.69) is 0 Å². The molecule has 2 unspecified atom stereocenters. The Morgan fingerprint density at radius 1 is 1.29 bits per heavy atom. The maximum Gasteiger partial charge on any atom is 0.308 e. The molecule has 1 fully saturated rings. The summed E-state index contributed by atoms with van der Waals surface area (Å²) in [6.07, 6.45) is 0.221. The molecule has 21 heavy (non-hydrogen) atoms. The van der Waals surface area contributed by atoms with E-state index >= 15 is 0 Å². The van der Waals surface area contributed by atoms with Gasteiger partial charge in [-0.3, -0.25) is 14.5 Å². The van der Waals surface area contributed by atoms with Crippen LogP contribution in [0.2, 0.25) is 5.02 Å². The third-order valence-corrected chi connectivity index (χ3v) is 4.13. The summed E-state index contributed by atoms with van der Waals surface area (Å²) in [4.78, 5) is 24.0. The predicted molar refractivity (Wildman–Crippen MR) is 73.6 cm³/mol. The second-order valence-corrected chi connectivity index (χ2v) is 5.52. The predicted octanol–water partition coefficient (Wildman–Crippen LogP) is 2.09. The zero-order valence-electron chi connectivity index (χ0n) is 11.1. The summed E-state index contributed by atoms with van der Waals surface area (Å²) in [5.74, 6) is -4.61. The van der Waals surface area contributed by atoms with E-state index in [-0.39, 0.29) is 24.5 Å². The molecular weight excluding hydrogens is 301 g/mol. The highest BCUT2D eigenvalue weighted by atomic mass is 35.5. The fraction of sp³-hybridized carbons (Fsp3) is 0.429. The Bertz CT molecular complexity index is 546. The molecule has 0 aromatic heterocycles. The van der Waals surface area contributed by atoms with Gasteiger partial charge in [-0.25, -0.2) is 4.39 Å². The number of carboxylic acids is 2. The van der Waals surface area contributed by atoms with Crippen LogP contribution in [-0.4, -0.2) is 40.1 Å². The second kappa shape index (κ2) is 6.41. The van der Waals surface area contributed by atoms with Crippen LogP contribution in [0, 0.1) is 17.7 Å². The number of carboxylic acid groups (broad SMARTS) is 2. The molecule has 5 nitrogen and oxygen atoms in total. The van der Waals surface area contributed by atoms with Crippen LogP contribution in [0.1, 0.15) is 12.0 Å². The van der Waals surface area contributed by atoms with Gasteiger partial charge in [0.05, 0.1) is 11.8 Å². The zero-order chi connectivity index (χ0) is 15.6. The monoisotopic (exact) mass is 315 g/mol.